The maximum Gasteiger partial charge on any atom is 0.340 e. The van der Waals surface area contributed by atoms with Crippen LogP contribution in [-0.2, 0) is 9.47 Å². The van der Waals surface area contributed by atoms with E-state index in [9.17, 15) is 4.79 Å². The maximum atomic E-state index is 12.1. The molecule has 0 heterocycles. The third kappa shape index (κ3) is 3.73. The molecule has 4 heteroatoms. The molecule has 0 aliphatic rings. The fourth-order valence-electron chi connectivity index (χ4n) is 2.00. The number of esters is 1. The van der Waals surface area contributed by atoms with Gasteiger partial charge in [-0.05, 0) is 36.8 Å². The molecule has 0 bridgehead atoms. The number of hydrogen-bond donors (Lipinski definition) is 1. The van der Waals surface area contributed by atoms with Crippen molar-refractivity contribution in [3.05, 3.63) is 42.0 Å². The van der Waals surface area contributed by atoms with Crippen LogP contribution in [0.5, 0.6) is 0 Å². The lowest BCUT2D eigenvalue weighted by Crippen LogP contribution is -2.25. The molecule has 2 rings (SSSR count). The number of hydrogen-bond acceptors (Lipinski definition) is 4. The van der Waals surface area contributed by atoms with Crippen molar-refractivity contribution in [1.82, 2.24) is 0 Å². The highest BCUT2D eigenvalue weighted by Gasteiger charge is 2.18. The van der Waals surface area contributed by atoms with Crippen LogP contribution in [0.3, 0.4) is 0 Å². The Bertz CT molecular complexity index is 650. The molecule has 0 amide bonds. The summed E-state index contributed by atoms with van der Waals surface area (Å²) in [4.78, 5) is 12.1. The summed E-state index contributed by atoms with van der Waals surface area (Å²) >= 11 is 0. The highest BCUT2D eigenvalue weighted by Crippen LogP contribution is 2.23. The summed E-state index contributed by atoms with van der Waals surface area (Å²) in [5.41, 5.74) is 6.48. The van der Waals surface area contributed by atoms with E-state index in [4.69, 9.17) is 15.2 Å². The minimum absolute atomic E-state index is 0.298. The van der Waals surface area contributed by atoms with E-state index in [2.05, 4.69) is 0 Å². The number of rotatable bonds is 5. The van der Waals surface area contributed by atoms with Crippen LogP contribution in [0.25, 0.3) is 10.8 Å². The summed E-state index contributed by atoms with van der Waals surface area (Å²) in [7, 11) is 1.64. The molecule has 0 saturated carbocycles. The van der Waals surface area contributed by atoms with Gasteiger partial charge >= 0.3 is 5.97 Å². The van der Waals surface area contributed by atoms with Gasteiger partial charge < -0.3 is 15.2 Å². The fourth-order valence-corrected chi connectivity index (χ4v) is 2.00. The standard InChI is InChI=1S/C17H21NO3/c1-17(2,20-3)8-9-21-16(19)14-10-12-6-4-5-7-13(12)11-15(14)18/h4-7,10-11H,8-9,18H2,1-3H3. The third-order valence-electron chi connectivity index (χ3n) is 3.63. The molecule has 0 aromatic heterocycles. The Morgan fingerprint density at radius 2 is 1.81 bits per heavy atom. The van der Waals surface area contributed by atoms with Crippen molar-refractivity contribution in [3.63, 3.8) is 0 Å². The van der Waals surface area contributed by atoms with E-state index in [0.717, 1.165) is 10.8 Å². The Balaban J connectivity index is 2.10. The molecule has 21 heavy (non-hydrogen) atoms. The first-order chi connectivity index (χ1) is 9.93. The van der Waals surface area contributed by atoms with Crippen LogP contribution in [0, 0.1) is 0 Å². The molecule has 0 atom stereocenters. The summed E-state index contributed by atoms with van der Waals surface area (Å²) < 4.78 is 10.6. The Kier molecular flexibility index (Phi) is 4.48. The molecule has 0 aliphatic carbocycles. The molecule has 0 fully saturated rings. The van der Waals surface area contributed by atoms with E-state index in [0.29, 0.717) is 24.3 Å². The third-order valence-corrected chi connectivity index (χ3v) is 3.63. The van der Waals surface area contributed by atoms with Gasteiger partial charge in [-0.25, -0.2) is 4.79 Å². The molecule has 4 nitrogen and oxygen atoms in total. The quantitative estimate of drug-likeness (QED) is 0.676. The predicted molar refractivity (Wildman–Crippen MR) is 84.3 cm³/mol. The molecule has 0 spiro atoms. The van der Waals surface area contributed by atoms with Crippen molar-refractivity contribution in [2.45, 2.75) is 25.9 Å². The van der Waals surface area contributed by atoms with Crippen molar-refractivity contribution in [2.75, 3.05) is 19.5 Å². The van der Waals surface area contributed by atoms with Crippen LogP contribution in [0.1, 0.15) is 30.6 Å². The largest absolute Gasteiger partial charge is 0.462 e. The SMILES string of the molecule is COC(C)(C)CCOC(=O)c1cc2ccccc2cc1N. The summed E-state index contributed by atoms with van der Waals surface area (Å²) in [6.45, 7) is 4.20. The number of nitrogens with two attached hydrogens (primary N) is 1. The Morgan fingerprint density at radius 1 is 1.19 bits per heavy atom. The van der Waals surface area contributed by atoms with Gasteiger partial charge in [0.2, 0.25) is 0 Å². The molecule has 0 radical (unpaired) electrons. The zero-order valence-electron chi connectivity index (χ0n) is 12.7. The first kappa shape index (κ1) is 15.3. The average molecular weight is 287 g/mol. The zero-order valence-corrected chi connectivity index (χ0v) is 12.7. The molecule has 0 aliphatic heterocycles. The van der Waals surface area contributed by atoms with Gasteiger partial charge in [0, 0.05) is 19.2 Å². The molecular weight excluding hydrogens is 266 g/mol. The molecular formula is C17H21NO3. The van der Waals surface area contributed by atoms with Crippen LogP contribution in [0.15, 0.2) is 36.4 Å². The van der Waals surface area contributed by atoms with E-state index >= 15 is 0 Å². The molecule has 0 saturated heterocycles. The highest BCUT2D eigenvalue weighted by molar-refractivity contribution is 6.01. The van der Waals surface area contributed by atoms with E-state index in [1.165, 1.54) is 0 Å². The van der Waals surface area contributed by atoms with E-state index in [-0.39, 0.29) is 5.60 Å². The minimum Gasteiger partial charge on any atom is -0.462 e. The van der Waals surface area contributed by atoms with Crippen LogP contribution in [-0.4, -0.2) is 25.3 Å². The Morgan fingerprint density at radius 3 is 2.43 bits per heavy atom. The van der Waals surface area contributed by atoms with Gasteiger partial charge in [0.05, 0.1) is 17.8 Å². The molecule has 2 aromatic carbocycles. The Labute approximate surface area is 124 Å². The Hall–Kier alpha value is -2.07. The van der Waals surface area contributed by atoms with Crippen molar-refractivity contribution >= 4 is 22.4 Å². The minimum atomic E-state index is -0.398. The lowest BCUT2D eigenvalue weighted by atomic mass is 10.0. The normalized spacial score (nSPS) is 11.6. The second-order valence-corrected chi connectivity index (χ2v) is 5.64. The van der Waals surface area contributed by atoms with Gasteiger partial charge in [-0.2, -0.15) is 0 Å². The predicted octanol–water partition coefficient (Wildman–Crippen LogP) is 3.39. The van der Waals surface area contributed by atoms with Crippen molar-refractivity contribution in [1.29, 1.82) is 0 Å². The van der Waals surface area contributed by atoms with Gasteiger partial charge in [0.15, 0.2) is 0 Å². The van der Waals surface area contributed by atoms with E-state index in [1.807, 2.05) is 38.1 Å². The maximum absolute atomic E-state index is 12.1. The van der Waals surface area contributed by atoms with Crippen molar-refractivity contribution < 1.29 is 14.3 Å². The highest BCUT2D eigenvalue weighted by atomic mass is 16.5. The number of ether oxygens (including phenoxy) is 2. The number of benzene rings is 2. The lowest BCUT2D eigenvalue weighted by molar-refractivity contribution is -0.00559. The summed E-state index contributed by atoms with van der Waals surface area (Å²) in [6, 6.07) is 11.3. The summed E-state index contributed by atoms with van der Waals surface area (Å²) in [5, 5.41) is 1.97. The van der Waals surface area contributed by atoms with Gasteiger partial charge in [-0.3, -0.25) is 0 Å². The topological polar surface area (TPSA) is 61.5 Å². The number of fused-ring (bicyclic) bond motifs is 1. The van der Waals surface area contributed by atoms with E-state index in [1.54, 1.807) is 19.2 Å². The van der Waals surface area contributed by atoms with Gasteiger partial charge in [-0.1, -0.05) is 24.3 Å². The van der Waals surface area contributed by atoms with Crippen LogP contribution in [0.4, 0.5) is 5.69 Å². The first-order valence-corrected chi connectivity index (χ1v) is 6.93. The van der Waals surface area contributed by atoms with Gasteiger partial charge in [-0.15, -0.1) is 0 Å². The zero-order chi connectivity index (χ0) is 15.5. The smallest absolute Gasteiger partial charge is 0.340 e. The number of carbonyl (C=O) groups is 1. The van der Waals surface area contributed by atoms with Gasteiger partial charge in [0.25, 0.3) is 0 Å². The van der Waals surface area contributed by atoms with Crippen molar-refractivity contribution in [2.24, 2.45) is 0 Å². The van der Waals surface area contributed by atoms with Crippen molar-refractivity contribution in [3.8, 4) is 0 Å². The summed E-state index contributed by atoms with van der Waals surface area (Å²) in [6.07, 6.45) is 0.628. The van der Waals surface area contributed by atoms with Crippen LogP contribution in [0.2, 0.25) is 0 Å². The molecule has 112 valence electrons. The second-order valence-electron chi connectivity index (χ2n) is 5.64. The fraction of sp³-hybridized carbons (Fsp3) is 0.353. The van der Waals surface area contributed by atoms with E-state index < -0.39 is 5.97 Å². The molecule has 0 unspecified atom stereocenters. The summed E-state index contributed by atoms with van der Waals surface area (Å²) in [5.74, 6) is -0.398. The second kappa shape index (κ2) is 6.14. The number of nitrogen functional groups attached to an aromatic ring is 1. The average Bonchev–Trinajstić information content (AvgIpc) is 2.46. The lowest BCUT2D eigenvalue weighted by Gasteiger charge is -2.22. The van der Waals surface area contributed by atoms with Crippen LogP contribution < -0.4 is 5.73 Å². The number of methoxy groups -OCH3 is 1. The molecule has 2 aromatic rings. The molecule has 2 N–H and O–H groups in total. The monoisotopic (exact) mass is 287 g/mol. The number of anilines is 1. The van der Waals surface area contributed by atoms with Gasteiger partial charge in [0.1, 0.15) is 0 Å². The first-order valence-electron chi connectivity index (χ1n) is 6.93. The number of carbonyl (C=O) groups excluding carboxylic acids is 1. The van der Waals surface area contributed by atoms with Crippen LogP contribution >= 0.6 is 0 Å².